The molecule has 0 saturated carbocycles. The molecule has 0 fully saturated rings. The fourth-order valence-electron chi connectivity index (χ4n) is 2.20. The van der Waals surface area contributed by atoms with Crippen LogP contribution >= 0.6 is 0 Å². The van der Waals surface area contributed by atoms with E-state index in [1.54, 1.807) is 24.3 Å². The van der Waals surface area contributed by atoms with Crippen molar-refractivity contribution in [1.29, 1.82) is 0 Å². The van der Waals surface area contributed by atoms with Gasteiger partial charge in [0.15, 0.2) is 0 Å². The molecule has 0 aromatic heterocycles. The van der Waals surface area contributed by atoms with E-state index >= 15 is 0 Å². The van der Waals surface area contributed by atoms with E-state index < -0.39 is 0 Å². The summed E-state index contributed by atoms with van der Waals surface area (Å²) in [7, 11) is 1.81. The molecule has 0 saturated heterocycles. The lowest BCUT2D eigenvalue weighted by Crippen LogP contribution is -2.32. The van der Waals surface area contributed by atoms with Gasteiger partial charge in [-0.1, -0.05) is 13.8 Å². The molecular weight excluding hydrogens is 278 g/mol. The minimum Gasteiger partial charge on any atom is -0.339 e. The molecule has 0 radical (unpaired) electrons. The number of benzene rings is 1. The van der Waals surface area contributed by atoms with Gasteiger partial charge in [0.05, 0.1) is 0 Å². The van der Waals surface area contributed by atoms with Crippen LogP contribution in [0.25, 0.3) is 0 Å². The van der Waals surface area contributed by atoms with Crippen LogP contribution in [-0.2, 0) is 4.79 Å². The van der Waals surface area contributed by atoms with Gasteiger partial charge >= 0.3 is 0 Å². The Morgan fingerprint density at radius 3 is 2.14 bits per heavy atom. The maximum Gasteiger partial charge on any atom is 0.253 e. The fraction of sp³-hybridized carbons (Fsp3) is 0.529. The van der Waals surface area contributed by atoms with E-state index in [-0.39, 0.29) is 11.8 Å². The molecule has 0 unspecified atom stereocenters. The second kappa shape index (κ2) is 9.95. The Balaban J connectivity index is 2.66. The molecule has 0 aliphatic carbocycles. The highest BCUT2D eigenvalue weighted by atomic mass is 16.2. The molecule has 0 heterocycles. The number of nitrogens with zero attached hydrogens (tertiary/aromatic N) is 1. The second-order valence-electron chi connectivity index (χ2n) is 5.27. The lowest BCUT2D eigenvalue weighted by Gasteiger charge is -2.21. The molecule has 0 bridgehead atoms. The van der Waals surface area contributed by atoms with E-state index in [0.29, 0.717) is 18.5 Å². The van der Waals surface area contributed by atoms with Crippen molar-refractivity contribution in [3.05, 3.63) is 29.8 Å². The Morgan fingerprint density at radius 1 is 1.05 bits per heavy atom. The fourth-order valence-corrected chi connectivity index (χ4v) is 2.20. The summed E-state index contributed by atoms with van der Waals surface area (Å²) in [6.45, 7) is 6.33. The monoisotopic (exact) mass is 305 g/mol. The van der Waals surface area contributed by atoms with Gasteiger partial charge in [0.2, 0.25) is 5.91 Å². The van der Waals surface area contributed by atoms with Crippen LogP contribution in [0.15, 0.2) is 24.3 Å². The largest absolute Gasteiger partial charge is 0.339 e. The number of hydrogen-bond acceptors (Lipinski definition) is 3. The van der Waals surface area contributed by atoms with Crippen molar-refractivity contribution < 1.29 is 9.59 Å². The van der Waals surface area contributed by atoms with E-state index in [1.165, 1.54) is 0 Å². The first kappa shape index (κ1) is 18.2. The van der Waals surface area contributed by atoms with Crippen LogP contribution < -0.4 is 10.6 Å². The van der Waals surface area contributed by atoms with Crippen molar-refractivity contribution in [1.82, 2.24) is 10.2 Å². The topological polar surface area (TPSA) is 61.4 Å². The van der Waals surface area contributed by atoms with E-state index in [9.17, 15) is 9.59 Å². The number of nitrogens with one attached hydrogen (secondary N) is 2. The highest BCUT2D eigenvalue weighted by Crippen LogP contribution is 2.12. The van der Waals surface area contributed by atoms with Gasteiger partial charge in [0.25, 0.3) is 5.91 Å². The highest BCUT2D eigenvalue weighted by Gasteiger charge is 2.14. The highest BCUT2D eigenvalue weighted by molar-refractivity contribution is 5.95. The maximum absolute atomic E-state index is 12.4. The number of carbonyl (C=O) groups excluding carboxylic acids is 2. The third-order valence-corrected chi connectivity index (χ3v) is 3.29. The Kier molecular flexibility index (Phi) is 8.22. The summed E-state index contributed by atoms with van der Waals surface area (Å²) in [4.78, 5) is 25.9. The predicted molar refractivity (Wildman–Crippen MR) is 90.1 cm³/mol. The summed E-state index contributed by atoms with van der Waals surface area (Å²) in [6.07, 6.45) is 2.33. The van der Waals surface area contributed by atoms with Gasteiger partial charge in [-0.15, -0.1) is 0 Å². The van der Waals surface area contributed by atoms with Crippen molar-refractivity contribution in [2.75, 3.05) is 32.0 Å². The molecule has 1 rings (SSSR count). The molecule has 0 aliphatic heterocycles. The molecule has 2 N–H and O–H groups in total. The normalized spacial score (nSPS) is 10.3. The number of anilines is 1. The van der Waals surface area contributed by atoms with E-state index in [1.807, 2.05) is 11.9 Å². The van der Waals surface area contributed by atoms with Crippen molar-refractivity contribution in [3.8, 4) is 0 Å². The average Bonchev–Trinajstić information content (AvgIpc) is 2.53. The minimum absolute atomic E-state index is 0.0352. The van der Waals surface area contributed by atoms with Crippen molar-refractivity contribution in [2.45, 2.75) is 33.1 Å². The third-order valence-electron chi connectivity index (χ3n) is 3.29. The third kappa shape index (κ3) is 5.85. The van der Waals surface area contributed by atoms with Crippen LogP contribution in [0.3, 0.4) is 0 Å². The smallest absolute Gasteiger partial charge is 0.253 e. The molecule has 1 aromatic rings. The average molecular weight is 305 g/mol. The lowest BCUT2D eigenvalue weighted by atomic mass is 10.1. The first-order valence-electron chi connectivity index (χ1n) is 7.96. The molecule has 122 valence electrons. The molecule has 22 heavy (non-hydrogen) atoms. The summed E-state index contributed by atoms with van der Waals surface area (Å²) < 4.78 is 0. The van der Waals surface area contributed by atoms with Crippen LogP contribution in [-0.4, -0.2) is 43.4 Å². The molecule has 0 spiro atoms. The zero-order chi connectivity index (χ0) is 16.4. The Labute approximate surface area is 133 Å². The summed E-state index contributed by atoms with van der Waals surface area (Å²) in [6, 6.07) is 7.10. The summed E-state index contributed by atoms with van der Waals surface area (Å²) in [5.74, 6) is 0.0174. The van der Waals surface area contributed by atoms with Gasteiger partial charge in [0.1, 0.15) is 0 Å². The van der Waals surface area contributed by atoms with Gasteiger partial charge < -0.3 is 15.5 Å². The molecule has 5 nitrogen and oxygen atoms in total. The number of amides is 2. The minimum atomic E-state index is -0.0352. The summed E-state index contributed by atoms with van der Waals surface area (Å²) >= 11 is 0. The van der Waals surface area contributed by atoms with Gasteiger partial charge in [-0.2, -0.15) is 0 Å². The van der Waals surface area contributed by atoms with Gasteiger partial charge in [0, 0.05) is 37.3 Å². The standard InChI is InChI=1S/C17H27N3O2/c1-4-12-20(13-5-2)17(22)14-6-8-15(9-7-14)19-16(21)10-11-18-3/h6-9,18H,4-5,10-13H2,1-3H3,(H,19,21). The van der Waals surface area contributed by atoms with Crippen LogP contribution in [0, 0.1) is 0 Å². The first-order chi connectivity index (χ1) is 10.6. The molecule has 5 heteroatoms. The van der Waals surface area contributed by atoms with Crippen LogP contribution in [0.2, 0.25) is 0 Å². The van der Waals surface area contributed by atoms with Gasteiger partial charge in [-0.05, 0) is 44.2 Å². The number of hydrogen-bond donors (Lipinski definition) is 2. The van der Waals surface area contributed by atoms with E-state index in [0.717, 1.165) is 31.6 Å². The quantitative estimate of drug-likeness (QED) is 0.737. The molecule has 0 atom stereocenters. The van der Waals surface area contributed by atoms with Crippen molar-refractivity contribution >= 4 is 17.5 Å². The molecule has 0 aliphatic rings. The van der Waals surface area contributed by atoms with Gasteiger partial charge in [-0.25, -0.2) is 0 Å². The van der Waals surface area contributed by atoms with Crippen molar-refractivity contribution in [2.24, 2.45) is 0 Å². The van der Waals surface area contributed by atoms with Gasteiger partial charge in [-0.3, -0.25) is 9.59 Å². The van der Waals surface area contributed by atoms with E-state index in [4.69, 9.17) is 0 Å². The predicted octanol–water partition coefficient (Wildman–Crippen LogP) is 2.50. The number of rotatable bonds is 9. The lowest BCUT2D eigenvalue weighted by molar-refractivity contribution is -0.116. The van der Waals surface area contributed by atoms with Crippen molar-refractivity contribution in [3.63, 3.8) is 0 Å². The number of carbonyl (C=O) groups is 2. The summed E-state index contributed by atoms with van der Waals surface area (Å²) in [5.41, 5.74) is 1.38. The summed E-state index contributed by atoms with van der Waals surface area (Å²) in [5, 5.41) is 5.75. The second-order valence-corrected chi connectivity index (χ2v) is 5.27. The first-order valence-corrected chi connectivity index (χ1v) is 7.96. The SMILES string of the molecule is CCCN(CCC)C(=O)c1ccc(NC(=O)CCNC)cc1. The zero-order valence-corrected chi connectivity index (χ0v) is 13.8. The Morgan fingerprint density at radius 2 is 1.64 bits per heavy atom. The maximum atomic E-state index is 12.4. The Hall–Kier alpha value is -1.88. The van der Waals surface area contributed by atoms with E-state index in [2.05, 4.69) is 24.5 Å². The van der Waals surface area contributed by atoms with Crippen LogP contribution in [0.4, 0.5) is 5.69 Å². The molecule has 2 amide bonds. The Bertz CT molecular complexity index is 465. The zero-order valence-electron chi connectivity index (χ0n) is 13.8. The van der Waals surface area contributed by atoms with Crippen LogP contribution in [0.5, 0.6) is 0 Å². The molecular formula is C17H27N3O2. The molecule has 1 aromatic carbocycles. The van der Waals surface area contributed by atoms with Crippen LogP contribution in [0.1, 0.15) is 43.5 Å².